The molecule has 4 aliphatic rings. The lowest BCUT2D eigenvalue weighted by atomic mass is 9.81. The second-order valence-electron chi connectivity index (χ2n) is 10.6. The highest BCUT2D eigenvalue weighted by molar-refractivity contribution is 5.76. The topological polar surface area (TPSA) is 98.8 Å². The van der Waals surface area contributed by atoms with Crippen LogP contribution in [-0.2, 0) is 19.1 Å². The van der Waals surface area contributed by atoms with Crippen molar-refractivity contribution in [2.45, 2.75) is 82.0 Å². The molecule has 4 rings (SSSR count). The van der Waals surface area contributed by atoms with Gasteiger partial charge in [0.2, 0.25) is 0 Å². The van der Waals surface area contributed by atoms with Gasteiger partial charge < -0.3 is 24.7 Å². The molecule has 0 radical (unpaired) electrons. The van der Waals surface area contributed by atoms with Gasteiger partial charge in [0.25, 0.3) is 0 Å². The van der Waals surface area contributed by atoms with Crippen molar-refractivity contribution in [1.29, 1.82) is 0 Å². The number of likely N-dealkylation sites (tertiary alicyclic amines) is 1. The summed E-state index contributed by atoms with van der Waals surface area (Å²) in [6.45, 7) is 3.91. The molecule has 32 heavy (non-hydrogen) atoms. The van der Waals surface area contributed by atoms with Crippen LogP contribution in [0.2, 0.25) is 0 Å². The molecule has 0 bridgehead atoms. The highest BCUT2D eigenvalue weighted by Gasteiger charge is 2.48. The van der Waals surface area contributed by atoms with E-state index in [4.69, 9.17) is 9.47 Å². The smallest absolute Gasteiger partial charge is 0.323 e. The molecule has 0 aromatic heterocycles. The van der Waals surface area contributed by atoms with Crippen LogP contribution < -0.4 is 10.4 Å². The number of hydrogen-bond donors (Lipinski definition) is 1. The Morgan fingerprint density at radius 2 is 1.56 bits per heavy atom. The fourth-order valence-electron chi connectivity index (χ4n) is 6.70. The van der Waals surface area contributed by atoms with Crippen LogP contribution >= 0.6 is 0 Å². The second-order valence-corrected chi connectivity index (χ2v) is 10.6. The number of quaternary nitrogens is 1. The molecule has 182 valence electrons. The van der Waals surface area contributed by atoms with E-state index in [1.165, 1.54) is 20.0 Å². The Labute approximate surface area is 192 Å². The molecular formula is C24H41N3O5. The van der Waals surface area contributed by atoms with Crippen LogP contribution in [-0.4, -0.2) is 86.5 Å². The first-order chi connectivity index (χ1) is 15.5. The third kappa shape index (κ3) is 5.46. The maximum Gasteiger partial charge on any atom is 0.323 e. The first-order valence-electron chi connectivity index (χ1n) is 12.6. The lowest BCUT2D eigenvalue weighted by molar-refractivity contribution is -0.678. The number of piperidine rings is 1. The highest BCUT2D eigenvalue weighted by atomic mass is 16.5. The number of fused-ring (bicyclic) bond motifs is 1. The van der Waals surface area contributed by atoms with Gasteiger partial charge in [0, 0.05) is 39.1 Å². The molecule has 8 nitrogen and oxygen atoms in total. The minimum Gasteiger partial charge on any atom is -0.550 e. The lowest BCUT2D eigenvalue weighted by Crippen LogP contribution is -2.89. The van der Waals surface area contributed by atoms with Crippen LogP contribution in [0.25, 0.3) is 0 Å². The van der Waals surface area contributed by atoms with Crippen molar-refractivity contribution in [3.05, 3.63) is 0 Å². The number of hydrogen-bond acceptors (Lipinski definition) is 7. The van der Waals surface area contributed by atoms with E-state index in [0.717, 1.165) is 64.3 Å². The molecule has 2 saturated carbocycles. The molecule has 2 aliphatic heterocycles. The summed E-state index contributed by atoms with van der Waals surface area (Å²) in [5.74, 6) is -0.163. The van der Waals surface area contributed by atoms with Gasteiger partial charge in [-0.15, -0.1) is 0 Å². The molecule has 0 aromatic rings. The normalized spacial score (nSPS) is 38.9. The number of aliphatic carboxylic acids is 1. The van der Waals surface area contributed by atoms with Crippen LogP contribution in [0.1, 0.15) is 57.8 Å². The molecule has 2 unspecified atom stereocenters. The maximum atomic E-state index is 12.6. The van der Waals surface area contributed by atoms with Crippen molar-refractivity contribution in [1.82, 2.24) is 9.80 Å². The SMILES string of the molecule is COC(=O)[C@@H]1CC2[NH2+]CN(CC3CCC(OC)CC3)C2CN1CC1CCC(C(=O)[O-])CC1. The average Bonchev–Trinajstić information content (AvgIpc) is 3.20. The molecule has 2 heterocycles. The quantitative estimate of drug-likeness (QED) is 0.525. The average molecular weight is 452 g/mol. The first kappa shape index (κ1) is 23.9. The first-order valence-corrected chi connectivity index (χ1v) is 12.6. The molecule has 2 N–H and O–H groups in total. The monoisotopic (exact) mass is 451 g/mol. The molecule has 2 saturated heterocycles. The van der Waals surface area contributed by atoms with Gasteiger partial charge in [-0.25, -0.2) is 4.90 Å². The summed E-state index contributed by atoms with van der Waals surface area (Å²) in [6.07, 6.45) is 9.26. The molecule has 0 spiro atoms. The number of methoxy groups -OCH3 is 2. The fraction of sp³-hybridized carbons (Fsp3) is 0.917. The molecular weight excluding hydrogens is 410 g/mol. The number of nitrogens with zero attached hydrogens (tertiary/aromatic N) is 2. The predicted octanol–water partition coefficient (Wildman–Crippen LogP) is -0.431. The van der Waals surface area contributed by atoms with Gasteiger partial charge >= 0.3 is 5.97 Å². The van der Waals surface area contributed by atoms with Crippen molar-refractivity contribution in [2.75, 3.05) is 40.5 Å². The van der Waals surface area contributed by atoms with E-state index in [0.29, 0.717) is 36.9 Å². The summed E-state index contributed by atoms with van der Waals surface area (Å²) in [5.41, 5.74) is 0. The van der Waals surface area contributed by atoms with Gasteiger partial charge in [0.05, 0.1) is 19.3 Å². The number of nitrogens with two attached hydrogens (primary N) is 1. The van der Waals surface area contributed by atoms with Crippen LogP contribution in [0.3, 0.4) is 0 Å². The Balaban J connectivity index is 1.36. The Morgan fingerprint density at radius 1 is 0.938 bits per heavy atom. The van der Waals surface area contributed by atoms with E-state index in [-0.39, 0.29) is 17.9 Å². The Morgan fingerprint density at radius 3 is 2.16 bits per heavy atom. The largest absolute Gasteiger partial charge is 0.550 e. The number of carboxylic acid groups (broad SMARTS) is 1. The second kappa shape index (κ2) is 10.8. The van der Waals surface area contributed by atoms with Crippen molar-refractivity contribution in [2.24, 2.45) is 17.8 Å². The fourth-order valence-corrected chi connectivity index (χ4v) is 6.70. The minimum atomic E-state index is -0.909. The Bertz CT molecular complexity index is 646. The zero-order valence-electron chi connectivity index (χ0n) is 19.7. The zero-order chi connectivity index (χ0) is 22.7. The van der Waals surface area contributed by atoms with Crippen LogP contribution in [0.15, 0.2) is 0 Å². The van der Waals surface area contributed by atoms with Crippen LogP contribution in [0.4, 0.5) is 0 Å². The summed E-state index contributed by atoms with van der Waals surface area (Å²) >= 11 is 0. The predicted molar refractivity (Wildman–Crippen MR) is 116 cm³/mol. The maximum absolute atomic E-state index is 12.6. The van der Waals surface area contributed by atoms with Gasteiger partial charge in [0.15, 0.2) is 0 Å². The van der Waals surface area contributed by atoms with E-state index in [9.17, 15) is 14.7 Å². The van der Waals surface area contributed by atoms with E-state index >= 15 is 0 Å². The summed E-state index contributed by atoms with van der Waals surface area (Å²) < 4.78 is 10.7. The zero-order valence-corrected chi connectivity index (χ0v) is 19.7. The molecule has 2 aliphatic carbocycles. The van der Waals surface area contributed by atoms with E-state index in [2.05, 4.69) is 15.1 Å². The minimum absolute atomic E-state index is 0.128. The van der Waals surface area contributed by atoms with Crippen LogP contribution in [0, 0.1) is 17.8 Å². The van der Waals surface area contributed by atoms with E-state index < -0.39 is 5.97 Å². The van der Waals surface area contributed by atoms with Gasteiger partial charge in [0.1, 0.15) is 18.8 Å². The standard InChI is InChI=1S/C24H41N3O5/c1-31-19-9-5-17(6-10-19)13-27-15-25-20-11-21(24(30)32-2)26(14-22(20)27)12-16-3-7-18(8-4-16)23(28)29/h16-22,25H,3-15H2,1-2H3,(H,28,29)/t16?,17?,18?,19?,20?,21-,22?/m0/s1. The number of carboxylic acids is 1. The number of esters is 1. The van der Waals surface area contributed by atoms with Gasteiger partial charge in [-0.05, 0) is 69.1 Å². The van der Waals surface area contributed by atoms with Crippen molar-refractivity contribution >= 4 is 11.9 Å². The number of carbonyl (C=O) groups excluding carboxylic acids is 2. The number of ether oxygens (including phenoxy) is 2. The van der Waals surface area contributed by atoms with E-state index in [1.807, 2.05) is 7.11 Å². The van der Waals surface area contributed by atoms with Gasteiger partial charge in [-0.1, -0.05) is 0 Å². The summed E-state index contributed by atoms with van der Waals surface area (Å²) in [4.78, 5) is 28.8. The van der Waals surface area contributed by atoms with Gasteiger partial charge in [-0.2, -0.15) is 0 Å². The molecule has 0 aromatic carbocycles. The summed E-state index contributed by atoms with van der Waals surface area (Å²) in [7, 11) is 3.31. The van der Waals surface area contributed by atoms with Gasteiger partial charge in [-0.3, -0.25) is 9.69 Å². The summed E-state index contributed by atoms with van der Waals surface area (Å²) in [5, 5.41) is 13.6. The number of rotatable bonds is 7. The molecule has 4 fully saturated rings. The van der Waals surface area contributed by atoms with Crippen molar-refractivity contribution in [3.63, 3.8) is 0 Å². The van der Waals surface area contributed by atoms with Crippen molar-refractivity contribution < 1.29 is 29.5 Å². The molecule has 8 heteroatoms. The Kier molecular flexibility index (Phi) is 8.08. The summed E-state index contributed by atoms with van der Waals surface area (Å²) in [6, 6.07) is 0.726. The van der Waals surface area contributed by atoms with Crippen LogP contribution in [0.5, 0.6) is 0 Å². The molecule has 3 atom stereocenters. The Hall–Kier alpha value is -1.22. The molecule has 0 amide bonds. The number of carbonyl (C=O) groups is 2. The third-order valence-electron chi connectivity index (χ3n) is 8.73. The lowest BCUT2D eigenvalue weighted by Gasteiger charge is -2.43. The van der Waals surface area contributed by atoms with Crippen molar-refractivity contribution in [3.8, 4) is 0 Å². The third-order valence-corrected chi connectivity index (χ3v) is 8.73. The van der Waals surface area contributed by atoms with E-state index in [1.54, 1.807) is 0 Å². The highest BCUT2D eigenvalue weighted by Crippen LogP contribution is 2.33.